The number of furan rings is 1. The molecule has 0 radical (unpaired) electrons. The van der Waals surface area contributed by atoms with E-state index in [4.69, 9.17) is 4.42 Å². The molecule has 2 unspecified atom stereocenters. The number of nitrogens with zero attached hydrogens (tertiary/aromatic N) is 1. The molecule has 0 bridgehead atoms. The number of para-hydroxylation sites is 1. The molecule has 1 aliphatic rings. The zero-order valence-corrected chi connectivity index (χ0v) is 14.0. The van der Waals surface area contributed by atoms with E-state index >= 15 is 0 Å². The van der Waals surface area contributed by atoms with Crippen LogP contribution >= 0.6 is 0 Å². The van der Waals surface area contributed by atoms with Gasteiger partial charge >= 0.3 is 0 Å². The van der Waals surface area contributed by atoms with Crippen LogP contribution in [0.2, 0.25) is 0 Å². The molecule has 0 aliphatic carbocycles. The van der Waals surface area contributed by atoms with Gasteiger partial charge in [-0.2, -0.15) is 0 Å². The number of anilines is 1. The maximum absolute atomic E-state index is 12.9. The van der Waals surface area contributed by atoms with E-state index in [1.165, 1.54) is 6.26 Å². The molecule has 5 heteroatoms. The number of piperidine rings is 1. The highest BCUT2D eigenvalue weighted by atomic mass is 16.3. The van der Waals surface area contributed by atoms with Gasteiger partial charge in [0.2, 0.25) is 0 Å². The van der Waals surface area contributed by atoms with E-state index in [2.05, 4.69) is 19.2 Å². The fraction of sp³-hybridized carbons (Fsp3) is 0.368. The summed E-state index contributed by atoms with van der Waals surface area (Å²) in [6.07, 6.45) is 2.59. The van der Waals surface area contributed by atoms with Crippen molar-refractivity contribution in [1.82, 2.24) is 4.90 Å². The van der Waals surface area contributed by atoms with Crippen molar-refractivity contribution >= 4 is 17.5 Å². The first-order valence-electron chi connectivity index (χ1n) is 8.27. The number of hydrogen-bond donors (Lipinski definition) is 1. The van der Waals surface area contributed by atoms with Crippen LogP contribution in [-0.2, 0) is 0 Å². The molecule has 1 aromatic carbocycles. The Balaban J connectivity index is 1.81. The molecular formula is C19H22N2O3. The normalized spacial score (nSPS) is 20.7. The van der Waals surface area contributed by atoms with Gasteiger partial charge in [0.05, 0.1) is 17.5 Å². The minimum atomic E-state index is -0.361. The second-order valence-corrected chi connectivity index (χ2v) is 6.63. The monoisotopic (exact) mass is 326 g/mol. The molecule has 0 spiro atoms. The highest BCUT2D eigenvalue weighted by molar-refractivity contribution is 6.07. The third-order valence-corrected chi connectivity index (χ3v) is 4.31. The van der Waals surface area contributed by atoms with Crippen LogP contribution < -0.4 is 5.32 Å². The number of rotatable bonds is 3. The Morgan fingerprint density at radius 3 is 2.46 bits per heavy atom. The van der Waals surface area contributed by atoms with E-state index in [-0.39, 0.29) is 17.6 Å². The lowest BCUT2D eigenvalue weighted by Crippen LogP contribution is -2.42. The van der Waals surface area contributed by atoms with Gasteiger partial charge in [0.1, 0.15) is 0 Å². The number of carbonyl (C=O) groups excluding carboxylic acids is 2. The Kier molecular flexibility index (Phi) is 4.69. The van der Waals surface area contributed by atoms with Crippen LogP contribution in [0.3, 0.4) is 0 Å². The molecule has 1 N–H and O–H groups in total. The van der Waals surface area contributed by atoms with Gasteiger partial charge < -0.3 is 14.6 Å². The Morgan fingerprint density at radius 2 is 1.79 bits per heavy atom. The zero-order chi connectivity index (χ0) is 17.1. The summed E-state index contributed by atoms with van der Waals surface area (Å²) < 4.78 is 5.10. The lowest BCUT2D eigenvalue weighted by atomic mass is 9.91. The quantitative estimate of drug-likeness (QED) is 0.936. The minimum absolute atomic E-state index is 0.0382. The molecule has 2 heterocycles. The largest absolute Gasteiger partial charge is 0.459 e. The minimum Gasteiger partial charge on any atom is -0.459 e. The number of amides is 2. The van der Waals surface area contributed by atoms with Gasteiger partial charge in [-0.15, -0.1) is 0 Å². The predicted molar refractivity (Wildman–Crippen MR) is 92.0 cm³/mol. The molecule has 2 atom stereocenters. The van der Waals surface area contributed by atoms with Crippen molar-refractivity contribution < 1.29 is 14.0 Å². The van der Waals surface area contributed by atoms with Crippen LogP contribution in [0.25, 0.3) is 0 Å². The van der Waals surface area contributed by atoms with Crippen LogP contribution in [0.1, 0.15) is 41.2 Å². The Morgan fingerprint density at radius 1 is 1.08 bits per heavy atom. The number of benzene rings is 1. The van der Waals surface area contributed by atoms with Gasteiger partial charge in [0.15, 0.2) is 5.76 Å². The molecule has 1 fully saturated rings. The average molecular weight is 326 g/mol. The second kappa shape index (κ2) is 6.91. The van der Waals surface area contributed by atoms with Crippen molar-refractivity contribution in [3.05, 3.63) is 54.0 Å². The van der Waals surface area contributed by atoms with E-state index in [0.29, 0.717) is 23.1 Å². The SMILES string of the molecule is CC1CC(C)CN(C(=O)c2ccccc2NC(=O)c2ccco2)C1. The van der Waals surface area contributed by atoms with Gasteiger partial charge in [-0.1, -0.05) is 26.0 Å². The predicted octanol–water partition coefficient (Wildman–Crippen LogP) is 3.65. The lowest BCUT2D eigenvalue weighted by molar-refractivity contribution is 0.0624. The van der Waals surface area contributed by atoms with Crippen molar-refractivity contribution in [1.29, 1.82) is 0 Å². The second-order valence-electron chi connectivity index (χ2n) is 6.63. The highest BCUT2D eigenvalue weighted by Gasteiger charge is 2.27. The summed E-state index contributed by atoms with van der Waals surface area (Å²) in [5, 5.41) is 2.78. The zero-order valence-electron chi connectivity index (χ0n) is 14.0. The molecule has 24 heavy (non-hydrogen) atoms. The van der Waals surface area contributed by atoms with E-state index in [1.807, 2.05) is 11.0 Å². The van der Waals surface area contributed by atoms with Gasteiger partial charge in [-0.3, -0.25) is 9.59 Å². The summed E-state index contributed by atoms with van der Waals surface area (Å²) in [7, 11) is 0. The highest BCUT2D eigenvalue weighted by Crippen LogP contribution is 2.25. The van der Waals surface area contributed by atoms with Crippen LogP contribution in [-0.4, -0.2) is 29.8 Å². The molecular weight excluding hydrogens is 304 g/mol. The van der Waals surface area contributed by atoms with Crippen molar-refractivity contribution in [3.63, 3.8) is 0 Å². The first kappa shape index (κ1) is 16.3. The number of nitrogens with one attached hydrogen (secondary N) is 1. The molecule has 0 saturated carbocycles. The summed E-state index contributed by atoms with van der Waals surface area (Å²) in [5.74, 6) is 0.798. The van der Waals surface area contributed by atoms with Crippen molar-refractivity contribution in [2.24, 2.45) is 11.8 Å². The van der Waals surface area contributed by atoms with Gasteiger partial charge in [0.25, 0.3) is 11.8 Å². The summed E-state index contributed by atoms with van der Waals surface area (Å²) in [4.78, 5) is 27.0. The van der Waals surface area contributed by atoms with Crippen molar-refractivity contribution in [3.8, 4) is 0 Å². The van der Waals surface area contributed by atoms with E-state index in [1.54, 1.807) is 30.3 Å². The Hall–Kier alpha value is -2.56. The molecule has 126 valence electrons. The van der Waals surface area contributed by atoms with Crippen LogP contribution in [0, 0.1) is 11.8 Å². The fourth-order valence-electron chi connectivity index (χ4n) is 3.37. The number of likely N-dealkylation sites (tertiary alicyclic amines) is 1. The van der Waals surface area contributed by atoms with Gasteiger partial charge in [-0.25, -0.2) is 0 Å². The van der Waals surface area contributed by atoms with Crippen molar-refractivity contribution in [2.75, 3.05) is 18.4 Å². The fourth-order valence-corrected chi connectivity index (χ4v) is 3.37. The Bertz CT molecular complexity index is 714. The molecule has 1 aliphatic heterocycles. The third kappa shape index (κ3) is 3.50. The third-order valence-electron chi connectivity index (χ3n) is 4.31. The van der Waals surface area contributed by atoms with E-state index < -0.39 is 0 Å². The average Bonchev–Trinajstić information content (AvgIpc) is 3.08. The summed E-state index contributed by atoms with van der Waals surface area (Å²) >= 11 is 0. The molecule has 1 aromatic heterocycles. The van der Waals surface area contributed by atoms with Gasteiger partial charge in [-0.05, 0) is 42.5 Å². The maximum Gasteiger partial charge on any atom is 0.291 e. The van der Waals surface area contributed by atoms with E-state index in [0.717, 1.165) is 19.5 Å². The van der Waals surface area contributed by atoms with Gasteiger partial charge in [0, 0.05) is 13.1 Å². The Labute approximate surface area is 141 Å². The summed E-state index contributed by atoms with van der Waals surface area (Å²) in [6.45, 7) is 5.84. The molecule has 2 aromatic rings. The van der Waals surface area contributed by atoms with Crippen LogP contribution in [0.15, 0.2) is 47.1 Å². The summed E-state index contributed by atoms with van der Waals surface area (Å²) in [5.41, 5.74) is 1.02. The van der Waals surface area contributed by atoms with Crippen molar-refractivity contribution in [2.45, 2.75) is 20.3 Å². The molecule has 1 saturated heterocycles. The standard InChI is InChI=1S/C19H22N2O3/c1-13-10-14(2)12-21(11-13)19(23)15-6-3-4-7-16(15)20-18(22)17-8-5-9-24-17/h3-9,13-14H,10-12H2,1-2H3,(H,20,22). The smallest absolute Gasteiger partial charge is 0.291 e. The van der Waals surface area contributed by atoms with Crippen LogP contribution in [0.5, 0.6) is 0 Å². The number of carbonyl (C=O) groups is 2. The first-order valence-corrected chi connectivity index (χ1v) is 8.27. The maximum atomic E-state index is 12.9. The number of hydrogen-bond acceptors (Lipinski definition) is 3. The first-order chi connectivity index (χ1) is 11.5. The van der Waals surface area contributed by atoms with E-state index in [9.17, 15) is 9.59 Å². The lowest BCUT2D eigenvalue weighted by Gasteiger charge is -2.35. The molecule has 5 nitrogen and oxygen atoms in total. The molecule has 2 amide bonds. The summed E-state index contributed by atoms with van der Waals surface area (Å²) in [6, 6.07) is 10.4. The molecule has 3 rings (SSSR count). The van der Waals surface area contributed by atoms with Crippen LogP contribution in [0.4, 0.5) is 5.69 Å². The topological polar surface area (TPSA) is 62.6 Å².